The summed E-state index contributed by atoms with van der Waals surface area (Å²) in [4.78, 5) is 6.32. The lowest BCUT2D eigenvalue weighted by atomic mass is 9.71. The molecule has 1 aromatic heterocycles. The fraction of sp³-hybridized carbons (Fsp3) is 0.346. The molecule has 8 heteroatoms. The largest absolute Gasteiger partial charge is 0.476 e. The van der Waals surface area contributed by atoms with Crippen molar-refractivity contribution < 1.29 is 23.7 Å². The summed E-state index contributed by atoms with van der Waals surface area (Å²) in [6, 6.07) is 16.8. The summed E-state index contributed by atoms with van der Waals surface area (Å²) in [5.74, 6) is -0.722. The number of ether oxygens (including phenoxy) is 1. The third-order valence-electron chi connectivity index (χ3n) is 7.04. The zero-order chi connectivity index (χ0) is 24.3. The molecule has 5 rings (SSSR count). The molecule has 5 nitrogen and oxygen atoms in total. The summed E-state index contributed by atoms with van der Waals surface area (Å²) in [6.07, 6.45) is -2.49. The van der Waals surface area contributed by atoms with E-state index in [0.717, 1.165) is 5.56 Å². The van der Waals surface area contributed by atoms with Gasteiger partial charge in [-0.2, -0.15) is 0 Å². The Kier molecular flexibility index (Phi) is 5.64. The van der Waals surface area contributed by atoms with Gasteiger partial charge < -0.3 is 19.8 Å². The van der Waals surface area contributed by atoms with Crippen LogP contribution in [0.1, 0.15) is 34.7 Å². The number of halogens is 3. The van der Waals surface area contributed by atoms with Gasteiger partial charge in [0, 0.05) is 36.2 Å². The molecule has 0 spiro atoms. The van der Waals surface area contributed by atoms with Crippen LogP contribution in [0.4, 0.5) is 8.78 Å². The third kappa shape index (κ3) is 3.18. The van der Waals surface area contributed by atoms with Crippen LogP contribution in [0.2, 0.25) is 5.02 Å². The Hall–Kier alpha value is -2.58. The molecule has 2 aliphatic rings. The van der Waals surface area contributed by atoms with E-state index < -0.39 is 35.6 Å². The average molecular weight is 487 g/mol. The Morgan fingerprint density at radius 3 is 2.41 bits per heavy atom. The summed E-state index contributed by atoms with van der Waals surface area (Å²) in [6.45, 7) is 0.451. The number of aromatic nitrogens is 1. The van der Waals surface area contributed by atoms with Crippen LogP contribution in [-0.2, 0) is 11.2 Å². The van der Waals surface area contributed by atoms with Gasteiger partial charge in [0.05, 0.1) is 11.1 Å². The minimum absolute atomic E-state index is 0.139. The first-order chi connectivity index (χ1) is 16.2. The van der Waals surface area contributed by atoms with Crippen LogP contribution in [0.25, 0.3) is 0 Å². The lowest BCUT2D eigenvalue weighted by Gasteiger charge is -2.40. The van der Waals surface area contributed by atoms with Gasteiger partial charge in [0.25, 0.3) is 6.43 Å². The number of hydrogen-bond donors (Lipinski definition) is 2. The second-order valence-electron chi connectivity index (χ2n) is 9.29. The van der Waals surface area contributed by atoms with Crippen LogP contribution in [0.15, 0.2) is 66.9 Å². The normalized spacial score (nSPS) is 29.9. The lowest BCUT2D eigenvalue weighted by molar-refractivity contribution is -0.153. The molecule has 0 bridgehead atoms. The Morgan fingerprint density at radius 1 is 1.12 bits per heavy atom. The van der Waals surface area contributed by atoms with Crippen molar-refractivity contribution in [3.63, 3.8) is 0 Å². The first-order valence-electron chi connectivity index (χ1n) is 11.0. The topological polar surface area (TPSA) is 65.8 Å². The molecule has 34 heavy (non-hydrogen) atoms. The molecule has 2 heterocycles. The number of rotatable bonds is 5. The van der Waals surface area contributed by atoms with Crippen LogP contribution < -0.4 is 4.74 Å². The monoisotopic (exact) mass is 486 g/mol. The lowest BCUT2D eigenvalue weighted by Crippen LogP contribution is -2.52. The number of benzene rings is 2. The molecule has 1 aliphatic carbocycles. The molecule has 2 aromatic carbocycles. The van der Waals surface area contributed by atoms with E-state index in [-0.39, 0.29) is 17.0 Å². The zero-order valence-electron chi connectivity index (χ0n) is 18.7. The molecular formula is C26H25ClF2N2O3. The van der Waals surface area contributed by atoms with Crippen LogP contribution in [0, 0.1) is 5.92 Å². The summed E-state index contributed by atoms with van der Waals surface area (Å²) >= 11 is 6.18. The van der Waals surface area contributed by atoms with E-state index in [0.29, 0.717) is 17.1 Å². The quantitative estimate of drug-likeness (QED) is 0.556. The van der Waals surface area contributed by atoms with Crippen LogP contribution in [0.3, 0.4) is 0 Å². The third-order valence-corrected chi connectivity index (χ3v) is 7.25. The van der Waals surface area contributed by atoms with Crippen molar-refractivity contribution in [1.29, 1.82) is 0 Å². The molecule has 178 valence electrons. The minimum atomic E-state index is -2.63. The van der Waals surface area contributed by atoms with Crippen LogP contribution in [-0.4, -0.2) is 46.8 Å². The predicted molar refractivity (Wildman–Crippen MR) is 124 cm³/mol. The van der Waals surface area contributed by atoms with E-state index in [9.17, 15) is 19.0 Å². The Labute approximate surface area is 201 Å². The van der Waals surface area contributed by atoms with Crippen molar-refractivity contribution in [3.8, 4) is 5.75 Å². The molecule has 0 radical (unpaired) electrons. The van der Waals surface area contributed by atoms with E-state index in [1.54, 1.807) is 18.2 Å². The van der Waals surface area contributed by atoms with Gasteiger partial charge in [-0.3, -0.25) is 4.98 Å². The molecule has 1 aliphatic heterocycles. The summed E-state index contributed by atoms with van der Waals surface area (Å²) in [7, 11) is 3.79. The molecule has 0 saturated heterocycles. The summed E-state index contributed by atoms with van der Waals surface area (Å²) < 4.78 is 33.2. The molecule has 2 N–H and O–H groups in total. The molecule has 0 amide bonds. The van der Waals surface area contributed by atoms with Gasteiger partial charge in [-0.1, -0.05) is 66.2 Å². The molecule has 5 atom stereocenters. The second-order valence-corrected chi connectivity index (χ2v) is 9.72. The van der Waals surface area contributed by atoms with E-state index in [2.05, 4.69) is 4.98 Å². The highest BCUT2D eigenvalue weighted by molar-refractivity contribution is 6.30. The van der Waals surface area contributed by atoms with Crippen molar-refractivity contribution in [3.05, 3.63) is 94.3 Å². The van der Waals surface area contributed by atoms with Crippen molar-refractivity contribution in [1.82, 2.24) is 9.88 Å². The summed E-state index contributed by atoms with van der Waals surface area (Å²) in [5.41, 5.74) is -2.09. The molecule has 1 saturated carbocycles. The standard InChI is InChI=1S/C26H25ClF2N2O3/c1-31(2)14-19-21(15-6-4-3-5-7-15)26(17-10-8-16(9-11-17)24(28)29)25(33,23(19)32)22-20(34-26)12-18(27)13-30-22/h3-13,19,21,23-24,32-33H,14H2,1-2H3/t19-,21-,23-,25+,26+/m1/s1. The Bertz CT molecular complexity index is 1190. The molecule has 3 aromatic rings. The number of pyridine rings is 1. The van der Waals surface area contributed by atoms with Crippen molar-refractivity contribution in [2.45, 2.75) is 29.6 Å². The summed E-state index contributed by atoms with van der Waals surface area (Å²) in [5, 5.41) is 24.4. The van der Waals surface area contributed by atoms with E-state index in [1.165, 1.54) is 18.3 Å². The SMILES string of the molecule is CN(C)C[C@H]1[C@@H](O)[C@@]2(O)c3ncc(Cl)cc3O[C@@]2(c2ccc(C(F)F)cc2)[C@@H]1c1ccccc1. The van der Waals surface area contributed by atoms with Gasteiger partial charge in [-0.15, -0.1) is 0 Å². The molecule has 0 unspecified atom stereocenters. The minimum Gasteiger partial charge on any atom is -0.476 e. The molecular weight excluding hydrogens is 462 g/mol. The maximum absolute atomic E-state index is 13.3. The molecule has 1 fully saturated rings. The number of hydrogen-bond acceptors (Lipinski definition) is 5. The zero-order valence-corrected chi connectivity index (χ0v) is 19.5. The van der Waals surface area contributed by atoms with E-state index in [4.69, 9.17) is 16.3 Å². The highest BCUT2D eigenvalue weighted by Gasteiger charge is 2.76. The number of fused-ring (bicyclic) bond motifs is 3. The first kappa shape index (κ1) is 23.2. The van der Waals surface area contributed by atoms with Gasteiger partial charge in [0.15, 0.2) is 11.2 Å². The fourth-order valence-corrected chi connectivity index (χ4v) is 5.92. The highest BCUT2D eigenvalue weighted by Crippen LogP contribution is 2.68. The number of aliphatic hydroxyl groups excluding tert-OH is 1. The fourth-order valence-electron chi connectivity index (χ4n) is 5.77. The smallest absolute Gasteiger partial charge is 0.263 e. The van der Waals surface area contributed by atoms with Gasteiger partial charge in [-0.25, -0.2) is 8.78 Å². The highest BCUT2D eigenvalue weighted by atomic mass is 35.5. The maximum atomic E-state index is 13.3. The average Bonchev–Trinajstić information content (AvgIpc) is 3.17. The van der Waals surface area contributed by atoms with Crippen LogP contribution in [0.5, 0.6) is 5.75 Å². The first-order valence-corrected chi connectivity index (χ1v) is 11.4. The van der Waals surface area contributed by atoms with Gasteiger partial charge in [0.2, 0.25) is 0 Å². The van der Waals surface area contributed by atoms with Crippen LogP contribution >= 0.6 is 11.6 Å². The van der Waals surface area contributed by atoms with Crippen molar-refractivity contribution >= 4 is 11.6 Å². The van der Waals surface area contributed by atoms with Gasteiger partial charge in [0.1, 0.15) is 11.4 Å². The van der Waals surface area contributed by atoms with E-state index in [1.807, 2.05) is 49.3 Å². The maximum Gasteiger partial charge on any atom is 0.263 e. The Morgan fingerprint density at radius 2 is 1.79 bits per heavy atom. The van der Waals surface area contributed by atoms with Crippen molar-refractivity contribution in [2.75, 3.05) is 20.6 Å². The van der Waals surface area contributed by atoms with Gasteiger partial charge in [-0.05, 0) is 25.2 Å². The second kappa shape index (κ2) is 8.27. The van der Waals surface area contributed by atoms with Gasteiger partial charge >= 0.3 is 0 Å². The van der Waals surface area contributed by atoms with E-state index >= 15 is 0 Å². The number of alkyl halides is 2. The Balaban J connectivity index is 1.81. The predicted octanol–water partition coefficient (Wildman–Crippen LogP) is 4.48. The number of aliphatic hydroxyl groups is 2. The van der Waals surface area contributed by atoms with Crippen molar-refractivity contribution in [2.24, 2.45) is 5.92 Å². The number of nitrogens with zero attached hydrogens (tertiary/aromatic N) is 2.